The molecule has 0 aliphatic rings. The van der Waals surface area contributed by atoms with Gasteiger partial charge in [0.2, 0.25) is 0 Å². The van der Waals surface area contributed by atoms with Crippen LogP contribution in [-0.4, -0.2) is 20.2 Å². The van der Waals surface area contributed by atoms with Crippen LogP contribution in [0.4, 0.5) is 18.9 Å². The Hall–Kier alpha value is -3.86. The molecule has 32 heavy (non-hydrogen) atoms. The Morgan fingerprint density at radius 1 is 0.719 bits per heavy atom. The van der Waals surface area contributed by atoms with Crippen molar-refractivity contribution < 1.29 is 31.2 Å². The zero-order chi connectivity index (χ0) is 23.4. The van der Waals surface area contributed by atoms with E-state index in [4.69, 9.17) is 0 Å². The van der Waals surface area contributed by atoms with Gasteiger partial charge in [0.05, 0.1) is 10.5 Å². The Morgan fingerprint density at radius 3 is 1.84 bits per heavy atom. The van der Waals surface area contributed by atoms with Crippen LogP contribution in [0.15, 0.2) is 83.8 Å². The SMILES string of the molecule is O=C(NNC(=O)c1ccc(S(=O)(=O)Nc2cccc(C(F)(F)F)c2)cc1)c1ccccc1. The van der Waals surface area contributed by atoms with Crippen molar-refractivity contribution in [3.63, 3.8) is 0 Å². The Balaban J connectivity index is 1.66. The molecule has 0 saturated carbocycles. The third-order valence-electron chi connectivity index (χ3n) is 4.19. The number of rotatable bonds is 5. The first-order valence-electron chi connectivity index (χ1n) is 9.02. The van der Waals surface area contributed by atoms with Crippen LogP contribution in [0.2, 0.25) is 0 Å². The van der Waals surface area contributed by atoms with Gasteiger partial charge in [-0.3, -0.25) is 25.2 Å². The number of alkyl halides is 3. The first-order chi connectivity index (χ1) is 15.1. The summed E-state index contributed by atoms with van der Waals surface area (Å²) in [7, 11) is -4.20. The molecule has 0 unspecified atom stereocenters. The van der Waals surface area contributed by atoms with E-state index < -0.39 is 33.6 Å². The molecule has 0 saturated heterocycles. The van der Waals surface area contributed by atoms with Crippen molar-refractivity contribution in [3.8, 4) is 0 Å². The summed E-state index contributed by atoms with van der Waals surface area (Å²) in [4.78, 5) is 23.8. The second-order valence-corrected chi connectivity index (χ2v) is 8.17. The molecule has 0 heterocycles. The molecule has 11 heteroatoms. The van der Waals surface area contributed by atoms with Crippen molar-refractivity contribution >= 4 is 27.5 Å². The van der Waals surface area contributed by atoms with E-state index in [9.17, 15) is 31.2 Å². The quantitative estimate of drug-likeness (QED) is 0.503. The molecule has 3 rings (SSSR count). The zero-order valence-electron chi connectivity index (χ0n) is 16.2. The highest BCUT2D eigenvalue weighted by atomic mass is 32.2. The van der Waals surface area contributed by atoms with E-state index in [1.54, 1.807) is 30.3 Å². The van der Waals surface area contributed by atoms with E-state index in [1.165, 1.54) is 18.2 Å². The maximum atomic E-state index is 12.8. The van der Waals surface area contributed by atoms with Crippen LogP contribution in [0.1, 0.15) is 26.3 Å². The summed E-state index contributed by atoms with van der Waals surface area (Å²) in [5, 5.41) is 0. The summed E-state index contributed by atoms with van der Waals surface area (Å²) in [5.74, 6) is -1.23. The number of hydrazine groups is 1. The zero-order valence-corrected chi connectivity index (χ0v) is 17.0. The number of anilines is 1. The number of nitrogens with one attached hydrogen (secondary N) is 3. The molecule has 7 nitrogen and oxygen atoms in total. The number of carbonyl (C=O) groups is 2. The number of halogens is 3. The molecule has 0 fully saturated rings. The topological polar surface area (TPSA) is 104 Å². The predicted octanol–water partition coefficient (Wildman–Crippen LogP) is 3.58. The van der Waals surface area contributed by atoms with Crippen molar-refractivity contribution in [1.82, 2.24) is 10.9 Å². The molecule has 0 radical (unpaired) electrons. The number of hydrogen-bond donors (Lipinski definition) is 3. The molecule has 3 aromatic rings. The average molecular weight is 463 g/mol. The summed E-state index contributed by atoms with van der Waals surface area (Å²) in [6.45, 7) is 0. The van der Waals surface area contributed by atoms with E-state index in [2.05, 4.69) is 15.6 Å². The highest BCUT2D eigenvalue weighted by molar-refractivity contribution is 7.92. The third kappa shape index (κ3) is 5.64. The van der Waals surface area contributed by atoms with Crippen molar-refractivity contribution in [2.75, 3.05) is 4.72 Å². The maximum Gasteiger partial charge on any atom is 0.416 e. The van der Waals surface area contributed by atoms with Crippen molar-refractivity contribution in [1.29, 1.82) is 0 Å². The highest BCUT2D eigenvalue weighted by Gasteiger charge is 2.30. The summed E-state index contributed by atoms with van der Waals surface area (Å²) in [5.41, 5.74) is 3.56. The lowest BCUT2D eigenvalue weighted by atomic mass is 10.2. The van der Waals surface area contributed by atoms with E-state index in [0.717, 1.165) is 24.3 Å². The second kappa shape index (κ2) is 9.10. The minimum absolute atomic E-state index is 0.0522. The van der Waals surface area contributed by atoms with Crippen molar-refractivity contribution in [3.05, 3.63) is 95.6 Å². The fraction of sp³-hybridized carbons (Fsp3) is 0.0476. The smallest absolute Gasteiger partial charge is 0.280 e. The lowest BCUT2D eigenvalue weighted by molar-refractivity contribution is -0.137. The van der Waals surface area contributed by atoms with Crippen molar-refractivity contribution in [2.24, 2.45) is 0 Å². The van der Waals surface area contributed by atoms with Gasteiger partial charge in [-0.2, -0.15) is 13.2 Å². The molecule has 3 N–H and O–H groups in total. The van der Waals surface area contributed by atoms with Gasteiger partial charge in [-0.1, -0.05) is 24.3 Å². The highest BCUT2D eigenvalue weighted by Crippen LogP contribution is 2.31. The molecule has 166 valence electrons. The standard InChI is InChI=1S/C21H16F3N3O4S/c22-21(23,24)16-7-4-8-17(13-16)27-32(30,31)18-11-9-15(10-12-18)20(29)26-25-19(28)14-5-2-1-3-6-14/h1-13,27H,(H,25,28)(H,26,29). The normalized spacial score (nSPS) is 11.5. The minimum Gasteiger partial charge on any atom is -0.280 e. The van der Waals surface area contributed by atoms with Crippen LogP contribution >= 0.6 is 0 Å². The average Bonchev–Trinajstić information content (AvgIpc) is 2.77. The van der Waals surface area contributed by atoms with Gasteiger partial charge in [-0.05, 0) is 54.6 Å². The number of sulfonamides is 1. The minimum atomic E-state index is -4.62. The molecule has 0 spiro atoms. The van der Waals surface area contributed by atoms with Crippen LogP contribution in [0, 0.1) is 0 Å². The van der Waals surface area contributed by atoms with Gasteiger partial charge in [0.15, 0.2) is 0 Å². The molecule has 0 atom stereocenters. The first kappa shape index (κ1) is 22.8. The molecule has 2 amide bonds. The molecule has 0 aliphatic carbocycles. The summed E-state index contributed by atoms with van der Waals surface area (Å²) in [6, 6.07) is 16.5. The fourth-order valence-corrected chi connectivity index (χ4v) is 3.66. The first-order valence-corrected chi connectivity index (χ1v) is 10.5. The molecule has 0 aromatic heterocycles. The van der Waals surface area contributed by atoms with E-state index in [1.807, 2.05) is 0 Å². The monoisotopic (exact) mass is 463 g/mol. The van der Waals surface area contributed by atoms with E-state index in [-0.39, 0.29) is 16.1 Å². The van der Waals surface area contributed by atoms with Gasteiger partial charge in [0.25, 0.3) is 21.8 Å². The van der Waals surface area contributed by atoms with Gasteiger partial charge in [0.1, 0.15) is 0 Å². The molecule has 0 aliphatic heterocycles. The van der Waals surface area contributed by atoms with Crippen molar-refractivity contribution in [2.45, 2.75) is 11.1 Å². The largest absolute Gasteiger partial charge is 0.416 e. The van der Waals surface area contributed by atoms with E-state index >= 15 is 0 Å². The van der Waals surface area contributed by atoms with Crippen LogP contribution in [0.3, 0.4) is 0 Å². The number of hydrogen-bond acceptors (Lipinski definition) is 4. The van der Waals surface area contributed by atoms with Gasteiger partial charge in [-0.15, -0.1) is 0 Å². The van der Waals surface area contributed by atoms with Gasteiger partial charge in [-0.25, -0.2) is 8.42 Å². The van der Waals surface area contributed by atoms with E-state index in [0.29, 0.717) is 11.6 Å². The molecular formula is C21H16F3N3O4S. The summed E-state index contributed by atoms with van der Waals surface area (Å²) < 4.78 is 65.4. The molecule has 0 bridgehead atoms. The number of benzene rings is 3. The Labute approximate surface area is 181 Å². The fourth-order valence-electron chi connectivity index (χ4n) is 2.61. The van der Waals surface area contributed by atoms with Crippen LogP contribution in [0.25, 0.3) is 0 Å². The van der Waals surface area contributed by atoms with Gasteiger partial charge >= 0.3 is 6.18 Å². The summed E-state index contributed by atoms with van der Waals surface area (Å²) >= 11 is 0. The lowest BCUT2D eigenvalue weighted by Gasteiger charge is -2.12. The molecule has 3 aromatic carbocycles. The lowest BCUT2D eigenvalue weighted by Crippen LogP contribution is -2.41. The summed E-state index contributed by atoms with van der Waals surface area (Å²) in [6.07, 6.45) is -4.62. The maximum absolute atomic E-state index is 12.8. The van der Waals surface area contributed by atoms with Crippen LogP contribution < -0.4 is 15.6 Å². The van der Waals surface area contributed by atoms with Gasteiger partial charge < -0.3 is 0 Å². The van der Waals surface area contributed by atoms with Gasteiger partial charge in [0, 0.05) is 16.8 Å². The second-order valence-electron chi connectivity index (χ2n) is 6.48. The molecular weight excluding hydrogens is 447 g/mol. The Kier molecular flexibility index (Phi) is 6.49. The predicted molar refractivity (Wildman–Crippen MR) is 110 cm³/mol. The van der Waals surface area contributed by atoms with Crippen LogP contribution in [0.5, 0.6) is 0 Å². The van der Waals surface area contributed by atoms with Crippen LogP contribution in [-0.2, 0) is 16.2 Å². The Morgan fingerprint density at radius 2 is 1.28 bits per heavy atom. The Bertz CT molecular complexity index is 1230. The number of carbonyl (C=O) groups excluding carboxylic acids is 2. The third-order valence-corrected chi connectivity index (χ3v) is 5.59. The number of amides is 2.